The van der Waals surface area contributed by atoms with Crippen LogP contribution in [0.15, 0.2) is 22.8 Å². The fourth-order valence-electron chi connectivity index (χ4n) is 1.52. The van der Waals surface area contributed by atoms with Gasteiger partial charge in [0.2, 0.25) is 0 Å². The Bertz CT molecular complexity index is 505. The van der Waals surface area contributed by atoms with Gasteiger partial charge in [-0.3, -0.25) is 4.99 Å². The topological polar surface area (TPSA) is 25.2 Å². The number of aromatic nitrogens is 1. The minimum Gasteiger partial charge on any atom is -0.261 e. The zero-order valence-electron chi connectivity index (χ0n) is 6.32. The summed E-state index contributed by atoms with van der Waals surface area (Å²) in [6.45, 7) is 0. The maximum atomic E-state index is 4.32. The number of hydrogen-bond acceptors (Lipinski definition) is 3. The van der Waals surface area contributed by atoms with Gasteiger partial charge >= 0.3 is 0 Å². The van der Waals surface area contributed by atoms with Crippen molar-refractivity contribution in [2.75, 3.05) is 0 Å². The van der Waals surface area contributed by atoms with Crippen LogP contribution in [0.1, 0.15) is 6.42 Å². The third-order valence-corrected chi connectivity index (χ3v) is 2.86. The molecule has 2 heterocycles. The number of fused-ring (bicyclic) bond motifs is 3. The molecular weight excluding hydrogens is 168 g/mol. The first kappa shape index (κ1) is 6.31. The van der Waals surface area contributed by atoms with Crippen molar-refractivity contribution in [2.24, 2.45) is 4.99 Å². The van der Waals surface area contributed by atoms with Crippen molar-refractivity contribution in [3.05, 3.63) is 27.7 Å². The largest absolute Gasteiger partial charge is 0.261 e. The molecule has 0 spiro atoms. The lowest BCUT2D eigenvalue weighted by Gasteiger charge is -2.08. The van der Waals surface area contributed by atoms with Crippen molar-refractivity contribution in [1.29, 1.82) is 0 Å². The van der Waals surface area contributed by atoms with E-state index in [-0.39, 0.29) is 0 Å². The van der Waals surface area contributed by atoms with Crippen molar-refractivity contribution in [1.82, 2.24) is 4.98 Å². The van der Waals surface area contributed by atoms with Crippen molar-refractivity contribution in [3.8, 4) is 0 Å². The monoisotopic (exact) mass is 174 g/mol. The van der Waals surface area contributed by atoms with Crippen molar-refractivity contribution in [3.63, 3.8) is 0 Å². The maximum Gasteiger partial charge on any atom is 0.0849 e. The van der Waals surface area contributed by atoms with Gasteiger partial charge in [-0.2, -0.15) is 0 Å². The third-order valence-electron chi connectivity index (χ3n) is 2.08. The van der Waals surface area contributed by atoms with Crippen molar-refractivity contribution >= 4 is 28.7 Å². The second kappa shape index (κ2) is 2.14. The molecule has 0 atom stereocenters. The SMILES string of the molecule is C1=CC2=c3ncsc3=CC(=N1)C2. The quantitative estimate of drug-likeness (QED) is 0.560. The number of rotatable bonds is 0. The molecule has 0 amide bonds. The first-order valence-corrected chi connectivity index (χ1v) is 4.69. The summed E-state index contributed by atoms with van der Waals surface area (Å²) in [7, 11) is 0. The number of nitrogens with zero attached hydrogens (tertiary/aromatic N) is 2. The number of hydrogen-bond donors (Lipinski definition) is 0. The third kappa shape index (κ3) is 0.741. The van der Waals surface area contributed by atoms with Crippen LogP contribution in [0.5, 0.6) is 0 Å². The first-order chi connectivity index (χ1) is 5.93. The Morgan fingerprint density at radius 2 is 2.42 bits per heavy atom. The normalized spacial score (nSPS) is 18.3. The molecule has 1 aromatic heterocycles. The molecule has 0 N–H and O–H groups in total. The van der Waals surface area contributed by atoms with Crippen molar-refractivity contribution < 1.29 is 0 Å². The summed E-state index contributed by atoms with van der Waals surface area (Å²) in [5.74, 6) is 0. The van der Waals surface area contributed by atoms with Crippen LogP contribution in [0.2, 0.25) is 0 Å². The standard InChI is InChI=1S/C9H6N2S/c1-2-10-7-3-6(1)9-8(4-7)12-5-11-9/h1-2,4-5H,3H2. The predicted octanol–water partition coefficient (Wildman–Crippen LogP) is 0.446. The van der Waals surface area contributed by atoms with Crippen LogP contribution < -0.4 is 9.88 Å². The number of allylic oxidation sites excluding steroid dienone is 1. The summed E-state index contributed by atoms with van der Waals surface area (Å²) < 4.78 is 1.25. The molecule has 0 aromatic carbocycles. The first-order valence-electron chi connectivity index (χ1n) is 3.81. The molecule has 12 heavy (non-hydrogen) atoms. The molecule has 1 aliphatic carbocycles. The van der Waals surface area contributed by atoms with Gasteiger partial charge in [0, 0.05) is 18.3 Å². The Balaban J connectivity index is 2.57. The van der Waals surface area contributed by atoms with Crippen molar-refractivity contribution in [2.45, 2.75) is 6.42 Å². The lowest BCUT2D eigenvalue weighted by Crippen LogP contribution is -2.30. The number of thiazole rings is 1. The molecule has 2 aliphatic rings. The summed E-state index contributed by atoms with van der Waals surface area (Å²) in [6, 6.07) is 0. The van der Waals surface area contributed by atoms with E-state index in [9.17, 15) is 0 Å². The molecule has 0 radical (unpaired) electrons. The lowest BCUT2D eigenvalue weighted by molar-refractivity contribution is 1.25. The molecule has 3 heteroatoms. The van der Waals surface area contributed by atoms with Gasteiger partial charge in [0.25, 0.3) is 0 Å². The molecule has 2 nitrogen and oxygen atoms in total. The molecule has 1 aliphatic heterocycles. The summed E-state index contributed by atoms with van der Waals surface area (Å²) in [4.78, 5) is 8.59. The van der Waals surface area contributed by atoms with Crippen LogP contribution in [-0.2, 0) is 0 Å². The molecule has 2 bridgehead atoms. The van der Waals surface area contributed by atoms with E-state index < -0.39 is 0 Å². The zero-order valence-corrected chi connectivity index (χ0v) is 7.14. The van der Waals surface area contributed by atoms with E-state index in [1.165, 1.54) is 10.1 Å². The van der Waals surface area contributed by atoms with Gasteiger partial charge < -0.3 is 0 Å². The fourth-order valence-corrected chi connectivity index (χ4v) is 2.29. The predicted molar refractivity (Wildman–Crippen MR) is 50.4 cm³/mol. The van der Waals surface area contributed by atoms with Gasteiger partial charge in [0.1, 0.15) is 0 Å². The van der Waals surface area contributed by atoms with E-state index in [2.05, 4.69) is 22.1 Å². The molecule has 0 fully saturated rings. The van der Waals surface area contributed by atoms with Crippen LogP contribution in [0, 0.1) is 0 Å². The zero-order chi connectivity index (χ0) is 7.97. The minimum absolute atomic E-state index is 0.952. The fraction of sp³-hybridized carbons (Fsp3) is 0.111. The Hall–Kier alpha value is -1.22. The highest BCUT2D eigenvalue weighted by molar-refractivity contribution is 7.07. The van der Waals surface area contributed by atoms with E-state index >= 15 is 0 Å². The lowest BCUT2D eigenvalue weighted by atomic mass is 10.0. The molecule has 1 aromatic rings. The van der Waals surface area contributed by atoms with Gasteiger partial charge in [-0.25, -0.2) is 4.98 Å². The van der Waals surface area contributed by atoms with E-state index in [1.54, 1.807) is 11.3 Å². The minimum atomic E-state index is 0.952. The van der Waals surface area contributed by atoms with Gasteiger partial charge in [-0.15, -0.1) is 11.3 Å². The van der Waals surface area contributed by atoms with Gasteiger partial charge in [-0.1, -0.05) is 0 Å². The molecular formula is C9H6N2S. The van der Waals surface area contributed by atoms with E-state index in [1.807, 2.05) is 11.7 Å². The van der Waals surface area contributed by atoms with Crippen LogP contribution in [-0.4, -0.2) is 10.7 Å². The Labute approximate surface area is 73.3 Å². The Kier molecular flexibility index (Phi) is 1.12. The second-order valence-corrected chi connectivity index (χ2v) is 3.73. The highest BCUT2D eigenvalue weighted by Crippen LogP contribution is 2.12. The van der Waals surface area contributed by atoms with E-state index in [0.29, 0.717) is 0 Å². The molecule has 0 unspecified atom stereocenters. The average Bonchev–Trinajstić information content (AvgIpc) is 2.53. The molecule has 58 valence electrons. The smallest absolute Gasteiger partial charge is 0.0849 e. The molecule has 0 saturated heterocycles. The summed E-state index contributed by atoms with van der Waals surface area (Å²) in [6.07, 6.45) is 6.98. The average molecular weight is 174 g/mol. The van der Waals surface area contributed by atoms with Gasteiger partial charge in [0.05, 0.1) is 15.4 Å². The van der Waals surface area contributed by atoms with Crippen LogP contribution in [0.25, 0.3) is 11.6 Å². The number of aliphatic imine (C=N–C) groups is 1. The Morgan fingerprint density at radius 1 is 1.42 bits per heavy atom. The van der Waals surface area contributed by atoms with Crippen LogP contribution in [0.3, 0.4) is 0 Å². The second-order valence-electron chi connectivity index (χ2n) is 2.85. The summed E-state index contributed by atoms with van der Waals surface area (Å²) in [5, 5.41) is 1.15. The summed E-state index contributed by atoms with van der Waals surface area (Å²) in [5.41, 5.74) is 4.35. The van der Waals surface area contributed by atoms with Crippen LogP contribution in [0.4, 0.5) is 0 Å². The highest BCUT2D eigenvalue weighted by Gasteiger charge is 2.10. The van der Waals surface area contributed by atoms with Crippen LogP contribution >= 0.6 is 11.3 Å². The maximum absolute atomic E-state index is 4.32. The highest BCUT2D eigenvalue weighted by atomic mass is 32.1. The molecule has 3 rings (SSSR count). The Morgan fingerprint density at radius 3 is 3.42 bits per heavy atom. The van der Waals surface area contributed by atoms with E-state index in [0.717, 1.165) is 17.5 Å². The molecule has 0 saturated carbocycles. The van der Waals surface area contributed by atoms with Gasteiger partial charge in [0.15, 0.2) is 0 Å². The van der Waals surface area contributed by atoms with Gasteiger partial charge in [-0.05, 0) is 17.7 Å². The van der Waals surface area contributed by atoms with E-state index in [4.69, 9.17) is 0 Å². The summed E-state index contributed by atoms with van der Waals surface area (Å²) >= 11 is 1.68.